The molecule has 33 heavy (non-hydrogen) atoms. The van der Waals surface area contributed by atoms with Gasteiger partial charge < -0.3 is 20.9 Å². The Bertz CT molecular complexity index is 927. The smallest absolute Gasteiger partial charge is 0.224 e. The average Bonchev–Trinajstić information content (AvgIpc) is 3.19. The van der Waals surface area contributed by atoms with Crippen LogP contribution in [0.4, 0.5) is 5.69 Å². The number of amides is 2. The van der Waals surface area contributed by atoms with Gasteiger partial charge in [-0.05, 0) is 36.1 Å². The maximum atomic E-state index is 12.4. The van der Waals surface area contributed by atoms with E-state index in [0.29, 0.717) is 31.9 Å². The van der Waals surface area contributed by atoms with Gasteiger partial charge in [0, 0.05) is 57.7 Å². The number of benzene rings is 2. The Kier molecular flexibility index (Phi) is 9.30. The minimum atomic E-state index is 0.0389. The molecular formula is C26H35N5O2. The van der Waals surface area contributed by atoms with Gasteiger partial charge in [0.25, 0.3) is 0 Å². The summed E-state index contributed by atoms with van der Waals surface area (Å²) in [7, 11) is 1.74. The SMILES string of the molecule is CCCC(=O)Nc1ccc(CNC(=NC)NCC2CC(=O)N(CCc3ccccc3)C2)cc1. The zero-order chi connectivity index (χ0) is 23.5. The quantitative estimate of drug-likeness (QED) is 0.384. The van der Waals surface area contributed by atoms with E-state index < -0.39 is 0 Å². The van der Waals surface area contributed by atoms with Gasteiger partial charge in [0.05, 0.1) is 0 Å². The third kappa shape index (κ3) is 7.93. The van der Waals surface area contributed by atoms with Crippen LogP contribution in [0, 0.1) is 5.92 Å². The van der Waals surface area contributed by atoms with Gasteiger partial charge in [-0.1, -0.05) is 49.4 Å². The van der Waals surface area contributed by atoms with Gasteiger partial charge >= 0.3 is 0 Å². The van der Waals surface area contributed by atoms with Crippen molar-refractivity contribution in [2.75, 3.05) is 32.0 Å². The molecule has 0 saturated carbocycles. The summed E-state index contributed by atoms with van der Waals surface area (Å²) in [4.78, 5) is 30.4. The number of carbonyl (C=O) groups excluding carboxylic acids is 2. The van der Waals surface area contributed by atoms with E-state index in [0.717, 1.165) is 37.2 Å². The average molecular weight is 450 g/mol. The summed E-state index contributed by atoms with van der Waals surface area (Å²) in [5, 5.41) is 9.56. The molecule has 1 saturated heterocycles. The van der Waals surface area contributed by atoms with Crippen LogP contribution in [-0.2, 0) is 22.6 Å². The molecule has 3 rings (SSSR count). The van der Waals surface area contributed by atoms with Crippen molar-refractivity contribution in [2.45, 2.75) is 39.2 Å². The van der Waals surface area contributed by atoms with Crippen LogP contribution in [0.1, 0.15) is 37.3 Å². The Labute approximate surface area is 196 Å². The molecule has 1 aliphatic rings. The highest BCUT2D eigenvalue weighted by Gasteiger charge is 2.29. The van der Waals surface area contributed by atoms with Gasteiger partial charge in [0.1, 0.15) is 0 Å². The summed E-state index contributed by atoms with van der Waals surface area (Å²) in [6.45, 7) is 4.86. The summed E-state index contributed by atoms with van der Waals surface area (Å²) < 4.78 is 0. The minimum Gasteiger partial charge on any atom is -0.356 e. The first-order chi connectivity index (χ1) is 16.1. The molecule has 2 amide bonds. The summed E-state index contributed by atoms with van der Waals surface area (Å²) in [6.07, 6.45) is 2.82. The lowest BCUT2D eigenvalue weighted by Crippen LogP contribution is -2.40. The van der Waals surface area contributed by atoms with E-state index in [9.17, 15) is 9.59 Å². The van der Waals surface area contributed by atoms with Crippen molar-refractivity contribution in [3.05, 3.63) is 65.7 Å². The van der Waals surface area contributed by atoms with E-state index in [1.807, 2.05) is 54.3 Å². The van der Waals surface area contributed by atoms with Crippen molar-refractivity contribution in [3.63, 3.8) is 0 Å². The number of likely N-dealkylation sites (tertiary alicyclic amines) is 1. The highest BCUT2D eigenvalue weighted by Crippen LogP contribution is 2.17. The predicted octanol–water partition coefficient (Wildman–Crippen LogP) is 3.18. The van der Waals surface area contributed by atoms with Crippen LogP contribution >= 0.6 is 0 Å². The topological polar surface area (TPSA) is 85.8 Å². The number of anilines is 1. The molecular weight excluding hydrogens is 414 g/mol. The number of rotatable bonds is 10. The van der Waals surface area contributed by atoms with Gasteiger partial charge in [0.15, 0.2) is 5.96 Å². The molecule has 2 aromatic carbocycles. The van der Waals surface area contributed by atoms with Crippen molar-refractivity contribution in [3.8, 4) is 0 Å². The fourth-order valence-corrected chi connectivity index (χ4v) is 3.92. The molecule has 0 bridgehead atoms. The van der Waals surface area contributed by atoms with Crippen LogP contribution in [0.25, 0.3) is 0 Å². The molecule has 2 aromatic rings. The Morgan fingerprint density at radius 3 is 2.52 bits per heavy atom. The van der Waals surface area contributed by atoms with Crippen molar-refractivity contribution in [2.24, 2.45) is 10.9 Å². The molecule has 0 aromatic heterocycles. The number of aliphatic imine (C=N–C) groups is 1. The number of hydrogen-bond acceptors (Lipinski definition) is 3. The summed E-state index contributed by atoms with van der Waals surface area (Å²) in [5.41, 5.74) is 3.16. The van der Waals surface area contributed by atoms with Crippen molar-refractivity contribution in [1.29, 1.82) is 0 Å². The Balaban J connectivity index is 1.39. The zero-order valence-electron chi connectivity index (χ0n) is 19.6. The Hall–Kier alpha value is -3.35. The molecule has 1 aliphatic heterocycles. The molecule has 1 unspecified atom stereocenters. The third-order valence-electron chi connectivity index (χ3n) is 5.76. The van der Waals surface area contributed by atoms with Crippen LogP contribution in [0.5, 0.6) is 0 Å². The molecule has 3 N–H and O–H groups in total. The van der Waals surface area contributed by atoms with Crippen molar-refractivity contribution >= 4 is 23.5 Å². The lowest BCUT2D eigenvalue weighted by molar-refractivity contribution is -0.127. The molecule has 176 valence electrons. The van der Waals surface area contributed by atoms with Gasteiger partial charge in [-0.2, -0.15) is 0 Å². The largest absolute Gasteiger partial charge is 0.356 e. The van der Waals surface area contributed by atoms with E-state index >= 15 is 0 Å². The lowest BCUT2D eigenvalue weighted by Gasteiger charge is -2.18. The standard InChI is InChI=1S/C26H35N5O2/c1-3-7-24(32)30-23-12-10-21(11-13-23)17-28-26(27-2)29-18-22-16-25(33)31(19-22)15-14-20-8-5-4-6-9-20/h4-6,8-13,22H,3,7,14-19H2,1-2H3,(H,30,32)(H2,27,28,29). The van der Waals surface area contributed by atoms with Crippen LogP contribution in [0.3, 0.4) is 0 Å². The highest BCUT2D eigenvalue weighted by atomic mass is 16.2. The molecule has 1 fully saturated rings. The monoisotopic (exact) mass is 449 g/mol. The molecule has 1 atom stereocenters. The number of guanidine groups is 1. The minimum absolute atomic E-state index is 0.0389. The third-order valence-corrected chi connectivity index (χ3v) is 5.76. The second-order valence-corrected chi connectivity index (χ2v) is 8.45. The van der Waals surface area contributed by atoms with E-state index in [-0.39, 0.29) is 17.7 Å². The molecule has 7 nitrogen and oxygen atoms in total. The molecule has 0 aliphatic carbocycles. The van der Waals surface area contributed by atoms with Crippen LogP contribution in [-0.4, -0.2) is 49.4 Å². The fraction of sp³-hybridized carbons (Fsp3) is 0.423. The highest BCUT2D eigenvalue weighted by molar-refractivity contribution is 5.90. The van der Waals surface area contributed by atoms with E-state index in [2.05, 4.69) is 33.1 Å². The zero-order valence-corrected chi connectivity index (χ0v) is 19.6. The number of nitrogens with one attached hydrogen (secondary N) is 3. The lowest BCUT2D eigenvalue weighted by atomic mass is 10.1. The van der Waals surface area contributed by atoms with Gasteiger partial charge in [0.2, 0.25) is 11.8 Å². The summed E-state index contributed by atoms with van der Waals surface area (Å²) >= 11 is 0. The normalized spacial score (nSPS) is 16.1. The van der Waals surface area contributed by atoms with Crippen molar-refractivity contribution < 1.29 is 9.59 Å². The Morgan fingerprint density at radius 2 is 1.82 bits per heavy atom. The van der Waals surface area contributed by atoms with Gasteiger partial charge in [-0.3, -0.25) is 14.6 Å². The Morgan fingerprint density at radius 1 is 1.06 bits per heavy atom. The maximum absolute atomic E-state index is 12.4. The number of carbonyl (C=O) groups is 2. The second-order valence-electron chi connectivity index (χ2n) is 8.45. The first kappa shape index (κ1) is 24.3. The van der Waals surface area contributed by atoms with E-state index in [4.69, 9.17) is 0 Å². The van der Waals surface area contributed by atoms with Gasteiger partial charge in [-0.25, -0.2) is 0 Å². The summed E-state index contributed by atoms with van der Waals surface area (Å²) in [6, 6.07) is 18.1. The number of hydrogen-bond donors (Lipinski definition) is 3. The molecule has 0 spiro atoms. The van der Waals surface area contributed by atoms with E-state index in [1.54, 1.807) is 7.05 Å². The molecule has 1 heterocycles. The van der Waals surface area contributed by atoms with E-state index in [1.165, 1.54) is 5.56 Å². The second kappa shape index (κ2) is 12.6. The first-order valence-corrected chi connectivity index (χ1v) is 11.7. The van der Waals surface area contributed by atoms with Crippen molar-refractivity contribution in [1.82, 2.24) is 15.5 Å². The molecule has 7 heteroatoms. The first-order valence-electron chi connectivity index (χ1n) is 11.7. The number of nitrogens with zero attached hydrogens (tertiary/aromatic N) is 2. The summed E-state index contributed by atoms with van der Waals surface area (Å²) in [5.74, 6) is 1.26. The van der Waals surface area contributed by atoms with Crippen LogP contribution in [0.15, 0.2) is 59.6 Å². The fourth-order valence-electron chi connectivity index (χ4n) is 3.92. The molecule has 0 radical (unpaired) electrons. The maximum Gasteiger partial charge on any atom is 0.224 e. The van der Waals surface area contributed by atoms with Gasteiger partial charge in [-0.15, -0.1) is 0 Å². The predicted molar refractivity (Wildman–Crippen MR) is 133 cm³/mol. The van der Waals surface area contributed by atoms with Crippen LogP contribution in [0.2, 0.25) is 0 Å². The van der Waals surface area contributed by atoms with Crippen LogP contribution < -0.4 is 16.0 Å².